The van der Waals surface area contributed by atoms with Gasteiger partial charge in [-0.1, -0.05) is 23.2 Å². The summed E-state index contributed by atoms with van der Waals surface area (Å²) in [6.45, 7) is 0. The lowest BCUT2D eigenvalue weighted by Crippen LogP contribution is -2.00. The second kappa shape index (κ2) is 5.51. The lowest BCUT2D eigenvalue weighted by atomic mass is 10.1. The second-order valence-electron chi connectivity index (χ2n) is 3.42. The Bertz CT molecular complexity index is 599. The Kier molecular flexibility index (Phi) is 4.39. The summed E-state index contributed by atoms with van der Waals surface area (Å²) >= 11 is 19.8. The molecule has 0 bridgehead atoms. The van der Waals surface area contributed by atoms with Gasteiger partial charge < -0.3 is 5.73 Å². The van der Waals surface area contributed by atoms with Gasteiger partial charge in [-0.3, -0.25) is 4.79 Å². The summed E-state index contributed by atoms with van der Waals surface area (Å²) in [5, 5.41) is 0.538. The second-order valence-corrected chi connectivity index (χ2v) is 7.43. The molecule has 0 saturated heterocycles. The van der Waals surface area contributed by atoms with Crippen molar-refractivity contribution in [2.75, 3.05) is 5.73 Å². The minimum atomic E-state index is -0.142. The lowest BCUT2D eigenvalue weighted by Gasteiger charge is -2.04. The van der Waals surface area contributed by atoms with Crippen molar-refractivity contribution >= 4 is 77.9 Å². The highest BCUT2D eigenvalue weighted by molar-refractivity contribution is 9.13. The summed E-state index contributed by atoms with van der Waals surface area (Å²) in [5.74, 6) is -0.142. The van der Waals surface area contributed by atoms with Crippen molar-refractivity contribution in [1.29, 1.82) is 0 Å². The van der Waals surface area contributed by atoms with Gasteiger partial charge in [-0.05, 0) is 50.1 Å². The molecule has 2 nitrogen and oxygen atoms in total. The maximum absolute atomic E-state index is 12.2. The number of carbonyl (C=O) groups is 1. The number of hydrogen-bond donors (Lipinski definition) is 1. The molecule has 0 aliphatic carbocycles. The molecule has 2 N–H and O–H groups in total. The third-order valence-electron chi connectivity index (χ3n) is 2.19. The first kappa shape index (κ1) is 14.3. The van der Waals surface area contributed by atoms with Crippen LogP contribution in [-0.4, -0.2) is 5.78 Å². The Labute approximate surface area is 134 Å². The fourth-order valence-electron chi connectivity index (χ4n) is 1.34. The van der Waals surface area contributed by atoms with Gasteiger partial charge in [0.15, 0.2) is 0 Å². The number of thiophene rings is 1. The summed E-state index contributed by atoms with van der Waals surface area (Å²) in [7, 11) is 0. The van der Waals surface area contributed by atoms with Gasteiger partial charge in [0.05, 0.1) is 24.4 Å². The highest BCUT2D eigenvalue weighted by Crippen LogP contribution is 2.35. The normalized spacial score (nSPS) is 10.7. The summed E-state index contributed by atoms with van der Waals surface area (Å²) in [6, 6.07) is 4.79. The number of anilines is 1. The lowest BCUT2D eigenvalue weighted by molar-refractivity contribution is 0.104. The fourth-order valence-corrected chi connectivity index (χ4v) is 3.68. The van der Waals surface area contributed by atoms with E-state index in [2.05, 4.69) is 31.9 Å². The van der Waals surface area contributed by atoms with Crippen molar-refractivity contribution in [1.82, 2.24) is 0 Å². The van der Waals surface area contributed by atoms with Crippen LogP contribution in [0, 0.1) is 0 Å². The molecule has 0 aliphatic heterocycles. The molecule has 7 heteroatoms. The van der Waals surface area contributed by atoms with Gasteiger partial charge >= 0.3 is 0 Å². The third-order valence-corrected chi connectivity index (χ3v) is 6.26. The number of hydrogen-bond acceptors (Lipinski definition) is 3. The zero-order valence-corrected chi connectivity index (χ0v) is 14.1. The van der Waals surface area contributed by atoms with E-state index < -0.39 is 0 Å². The molecule has 0 fully saturated rings. The standard InChI is InChI=1S/C11H5Br2Cl2NOS/c12-5-3-8(18-11(5)13)10(17)4-1-6(14)9(15)7(16)2-4/h1-3H,16H2. The molecule has 0 atom stereocenters. The van der Waals surface area contributed by atoms with Crippen LogP contribution in [0.5, 0.6) is 0 Å². The summed E-state index contributed by atoms with van der Waals surface area (Å²) in [5.41, 5.74) is 6.40. The van der Waals surface area contributed by atoms with Crippen molar-refractivity contribution < 1.29 is 4.79 Å². The molecule has 1 aromatic heterocycles. The molecular weight excluding hydrogens is 425 g/mol. The van der Waals surface area contributed by atoms with E-state index in [1.807, 2.05) is 0 Å². The van der Waals surface area contributed by atoms with Crippen molar-refractivity contribution in [3.63, 3.8) is 0 Å². The minimum Gasteiger partial charge on any atom is -0.397 e. The average molecular weight is 430 g/mol. The van der Waals surface area contributed by atoms with E-state index in [0.29, 0.717) is 16.1 Å². The van der Waals surface area contributed by atoms with E-state index >= 15 is 0 Å². The van der Waals surface area contributed by atoms with Crippen molar-refractivity contribution in [3.8, 4) is 0 Å². The predicted octanol–water partition coefficient (Wildman–Crippen LogP) is 5.39. The van der Waals surface area contributed by atoms with Gasteiger partial charge in [0.2, 0.25) is 5.78 Å². The molecule has 0 saturated carbocycles. The molecule has 0 aliphatic rings. The van der Waals surface area contributed by atoms with Crippen LogP contribution in [0.4, 0.5) is 5.69 Å². The first-order chi connectivity index (χ1) is 8.40. The van der Waals surface area contributed by atoms with E-state index in [9.17, 15) is 4.79 Å². The Hall–Kier alpha value is -0.0700. The van der Waals surface area contributed by atoms with Crippen LogP contribution in [0.2, 0.25) is 10.0 Å². The largest absolute Gasteiger partial charge is 0.397 e. The zero-order chi connectivity index (χ0) is 13.4. The van der Waals surface area contributed by atoms with Gasteiger partial charge in [-0.2, -0.15) is 0 Å². The molecular formula is C11H5Br2Cl2NOS. The maximum atomic E-state index is 12.2. The Morgan fingerprint density at radius 1 is 1.22 bits per heavy atom. The van der Waals surface area contributed by atoms with Gasteiger partial charge in [0, 0.05) is 10.0 Å². The quantitative estimate of drug-likeness (QED) is 0.513. The number of halogens is 4. The highest BCUT2D eigenvalue weighted by Gasteiger charge is 2.16. The molecule has 0 unspecified atom stereocenters. The smallest absolute Gasteiger partial charge is 0.203 e. The van der Waals surface area contributed by atoms with Gasteiger partial charge in [0.25, 0.3) is 0 Å². The van der Waals surface area contributed by atoms with Crippen LogP contribution >= 0.6 is 66.4 Å². The van der Waals surface area contributed by atoms with Gasteiger partial charge in [0.1, 0.15) is 0 Å². The number of nitrogen functional groups attached to an aromatic ring is 1. The van der Waals surface area contributed by atoms with Crippen molar-refractivity contribution in [2.45, 2.75) is 0 Å². The van der Waals surface area contributed by atoms with Gasteiger partial charge in [-0.25, -0.2) is 0 Å². The van der Waals surface area contributed by atoms with Crippen LogP contribution in [0.3, 0.4) is 0 Å². The van der Waals surface area contributed by atoms with Gasteiger partial charge in [-0.15, -0.1) is 11.3 Å². The summed E-state index contributed by atoms with van der Waals surface area (Å²) < 4.78 is 1.70. The summed E-state index contributed by atoms with van der Waals surface area (Å²) in [4.78, 5) is 12.8. The Morgan fingerprint density at radius 2 is 1.89 bits per heavy atom. The van der Waals surface area contributed by atoms with Crippen molar-refractivity contribution in [2.24, 2.45) is 0 Å². The molecule has 1 aromatic carbocycles. The van der Waals surface area contributed by atoms with Crippen LogP contribution in [0.25, 0.3) is 0 Å². The number of benzene rings is 1. The predicted molar refractivity (Wildman–Crippen MR) is 84.0 cm³/mol. The first-order valence-corrected chi connectivity index (χ1v) is 7.80. The van der Waals surface area contributed by atoms with Crippen LogP contribution in [-0.2, 0) is 0 Å². The van der Waals surface area contributed by atoms with E-state index in [1.165, 1.54) is 23.5 Å². The van der Waals surface area contributed by atoms with Crippen LogP contribution in [0.15, 0.2) is 26.5 Å². The van der Waals surface area contributed by atoms with Crippen LogP contribution < -0.4 is 5.73 Å². The molecule has 0 amide bonds. The van der Waals surface area contributed by atoms with E-state index in [0.717, 1.165) is 8.26 Å². The first-order valence-electron chi connectivity index (χ1n) is 4.64. The zero-order valence-electron chi connectivity index (χ0n) is 8.64. The molecule has 2 aromatic rings. The fraction of sp³-hybridized carbons (Fsp3) is 0. The number of nitrogens with two attached hydrogens (primary N) is 1. The van der Waals surface area contributed by atoms with Crippen LogP contribution in [0.1, 0.15) is 15.2 Å². The number of rotatable bonds is 2. The highest BCUT2D eigenvalue weighted by atomic mass is 79.9. The maximum Gasteiger partial charge on any atom is 0.203 e. The van der Waals surface area contributed by atoms with E-state index in [-0.39, 0.29) is 15.8 Å². The number of ketones is 1. The minimum absolute atomic E-state index is 0.142. The monoisotopic (exact) mass is 427 g/mol. The molecule has 2 rings (SSSR count). The molecule has 18 heavy (non-hydrogen) atoms. The van der Waals surface area contributed by atoms with Crippen molar-refractivity contribution in [3.05, 3.63) is 46.9 Å². The summed E-state index contributed by atoms with van der Waals surface area (Å²) in [6.07, 6.45) is 0. The Morgan fingerprint density at radius 3 is 2.39 bits per heavy atom. The molecule has 1 heterocycles. The SMILES string of the molecule is Nc1cc(C(=O)c2cc(Br)c(Br)s2)cc(Cl)c1Cl. The third kappa shape index (κ3) is 2.75. The molecule has 0 radical (unpaired) electrons. The Balaban J connectivity index is 2.46. The molecule has 0 spiro atoms. The van der Waals surface area contributed by atoms with E-state index in [4.69, 9.17) is 28.9 Å². The average Bonchev–Trinajstić information content (AvgIpc) is 2.65. The topological polar surface area (TPSA) is 43.1 Å². The van der Waals surface area contributed by atoms with E-state index in [1.54, 1.807) is 6.07 Å². The molecule has 94 valence electrons. The number of carbonyl (C=O) groups excluding carboxylic acids is 1.